The Kier molecular flexibility index (Phi) is 19.2. The van der Waals surface area contributed by atoms with Crippen LogP contribution in [0.3, 0.4) is 0 Å². The molecule has 0 aromatic carbocycles. The number of hydrogen-bond acceptors (Lipinski definition) is 0. The summed E-state index contributed by atoms with van der Waals surface area (Å²) in [6, 6.07) is 0. The SMILES string of the molecule is CCCCCC[N+](CCCl)(CCCCC)CCCCC.[Cl-]. The molecule has 0 rings (SSSR count). The van der Waals surface area contributed by atoms with Gasteiger partial charge in [0.25, 0.3) is 0 Å². The first-order valence-corrected chi connectivity index (χ1v) is 9.69. The zero-order chi connectivity index (χ0) is 15.1. The van der Waals surface area contributed by atoms with Crippen molar-refractivity contribution in [1.29, 1.82) is 0 Å². The first-order valence-electron chi connectivity index (χ1n) is 9.15. The molecule has 0 atom stereocenters. The Balaban J connectivity index is 0. The van der Waals surface area contributed by atoms with E-state index in [-0.39, 0.29) is 12.4 Å². The smallest absolute Gasteiger partial charge is 0.0924 e. The molecule has 0 N–H and O–H groups in total. The molecule has 130 valence electrons. The Morgan fingerprint density at radius 3 is 1.33 bits per heavy atom. The first kappa shape index (κ1) is 23.8. The fourth-order valence-corrected chi connectivity index (χ4v) is 3.48. The summed E-state index contributed by atoms with van der Waals surface area (Å²) in [6.45, 7) is 12.2. The van der Waals surface area contributed by atoms with Crippen LogP contribution in [-0.4, -0.2) is 36.5 Å². The molecule has 1 nitrogen and oxygen atoms in total. The van der Waals surface area contributed by atoms with Gasteiger partial charge in [-0.15, -0.1) is 11.6 Å². The van der Waals surface area contributed by atoms with E-state index in [0.29, 0.717) is 0 Å². The second-order valence-electron chi connectivity index (χ2n) is 6.40. The minimum atomic E-state index is 0. The van der Waals surface area contributed by atoms with Crippen molar-refractivity contribution >= 4 is 11.6 Å². The van der Waals surface area contributed by atoms with E-state index in [1.807, 2.05) is 0 Å². The van der Waals surface area contributed by atoms with Gasteiger partial charge < -0.3 is 16.9 Å². The van der Waals surface area contributed by atoms with Crippen LogP contribution in [0.1, 0.15) is 85.0 Å². The molecule has 0 unspecified atom stereocenters. The molecular weight excluding hydrogens is 301 g/mol. The van der Waals surface area contributed by atoms with Crippen LogP contribution in [0.15, 0.2) is 0 Å². The van der Waals surface area contributed by atoms with Gasteiger partial charge in [-0.1, -0.05) is 46.5 Å². The van der Waals surface area contributed by atoms with E-state index in [0.717, 1.165) is 5.88 Å². The summed E-state index contributed by atoms with van der Waals surface area (Å²) < 4.78 is 1.30. The number of nitrogens with zero attached hydrogens (tertiary/aromatic N) is 1. The van der Waals surface area contributed by atoms with Gasteiger partial charge in [0, 0.05) is 0 Å². The highest BCUT2D eigenvalue weighted by atomic mass is 35.5. The van der Waals surface area contributed by atoms with Crippen LogP contribution >= 0.6 is 11.6 Å². The van der Waals surface area contributed by atoms with E-state index in [1.165, 1.54) is 94.9 Å². The lowest BCUT2D eigenvalue weighted by Crippen LogP contribution is -3.00. The fraction of sp³-hybridized carbons (Fsp3) is 1.00. The topological polar surface area (TPSA) is 0 Å². The first-order chi connectivity index (χ1) is 9.74. The van der Waals surface area contributed by atoms with Crippen LogP contribution in [0.4, 0.5) is 0 Å². The van der Waals surface area contributed by atoms with Gasteiger partial charge in [-0.05, 0) is 38.5 Å². The summed E-state index contributed by atoms with van der Waals surface area (Å²) in [4.78, 5) is 0. The van der Waals surface area contributed by atoms with Crippen molar-refractivity contribution in [3.05, 3.63) is 0 Å². The third-order valence-electron chi connectivity index (χ3n) is 4.52. The molecule has 0 saturated heterocycles. The second kappa shape index (κ2) is 16.9. The summed E-state index contributed by atoms with van der Waals surface area (Å²) in [5, 5.41) is 0. The largest absolute Gasteiger partial charge is 1.00 e. The monoisotopic (exact) mass is 339 g/mol. The molecule has 0 saturated carbocycles. The van der Waals surface area contributed by atoms with Crippen LogP contribution in [0.2, 0.25) is 0 Å². The van der Waals surface area contributed by atoms with Gasteiger partial charge in [-0.2, -0.15) is 0 Å². The van der Waals surface area contributed by atoms with Gasteiger partial charge in [0.2, 0.25) is 0 Å². The van der Waals surface area contributed by atoms with Crippen molar-refractivity contribution in [1.82, 2.24) is 0 Å². The molecule has 0 aliphatic rings. The van der Waals surface area contributed by atoms with Crippen molar-refractivity contribution in [2.75, 3.05) is 32.1 Å². The number of rotatable bonds is 15. The van der Waals surface area contributed by atoms with Crippen molar-refractivity contribution in [3.8, 4) is 0 Å². The third kappa shape index (κ3) is 12.7. The van der Waals surface area contributed by atoms with E-state index in [4.69, 9.17) is 11.6 Å². The summed E-state index contributed by atoms with van der Waals surface area (Å²) in [7, 11) is 0. The highest BCUT2D eigenvalue weighted by molar-refractivity contribution is 6.17. The quantitative estimate of drug-likeness (QED) is 0.244. The molecule has 0 radical (unpaired) electrons. The van der Waals surface area contributed by atoms with Crippen molar-refractivity contribution in [3.63, 3.8) is 0 Å². The fourth-order valence-electron chi connectivity index (χ4n) is 3.12. The minimum Gasteiger partial charge on any atom is -1.00 e. The summed E-state index contributed by atoms with van der Waals surface area (Å²) in [5.74, 6) is 0.825. The number of alkyl halides is 1. The van der Waals surface area contributed by atoms with Gasteiger partial charge >= 0.3 is 0 Å². The zero-order valence-corrected chi connectivity index (χ0v) is 16.3. The van der Waals surface area contributed by atoms with Gasteiger partial charge in [0.15, 0.2) is 0 Å². The molecule has 0 heterocycles. The molecule has 0 bridgehead atoms. The second-order valence-corrected chi connectivity index (χ2v) is 6.78. The van der Waals surface area contributed by atoms with E-state index >= 15 is 0 Å². The van der Waals surface area contributed by atoms with E-state index in [9.17, 15) is 0 Å². The molecule has 0 aliphatic heterocycles. The maximum atomic E-state index is 6.14. The molecule has 0 aliphatic carbocycles. The van der Waals surface area contributed by atoms with Gasteiger partial charge in [-0.3, -0.25) is 0 Å². The van der Waals surface area contributed by atoms with Crippen molar-refractivity contribution < 1.29 is 16.9 Å². The van der Waals surface area contributed by atoms with E-state index in [1.54, 1.807) is 0 Å². The van der Waals surface area contributed by atoms with Gasteiger partial charge in [0.05, 0.1) is 32.1 Å². The number of unbranched alkanes of at least 4 members (excludes halogenated alkanes) is 7. The zero-order valence-electron chi connectivity index (χ0n) is 14.8. The summed E-state index contributed by atoms with van der Waals surface area (Å²) in [6.07, 6.45) is 13.7. The van der Waals surface area contributed by atoms with E-state index < -0.39 is 0 Å². The number of halogens is 2. The number of quaternary nitrogens is 1. The predicted molar refractivity (Wildman–Crippen MR) is 93.6 cm³/mol. The van der Waals surface area contributed by atoms with Gasteiger partial charge in [-0.25, -0.2) is 0 Å². The Labute approximate surface area is 145 Å². The maximum absolute atomic E-state index is 6.14. The normalized spacial score (nSPS) is 11.4. The standard InChI is InChI=1S/C18H39ClN.ClH/c1-4-7-10-13-17-20(18-14-19,15-11-8-5-2)16-12-9-6-3;/h4-18H2,1-3H3;1H/q+1;/p-1. The molecule has 0 spiro atoms. The van der Waals surface area contributed by atoms with Crippen LogP contribution < -0.4 is 12.4 Å². The maximum Gasteiger partial charge on any atom is 0.0924 e. The Morgan fingerprint density at radius 1 is 0.571 bits per heavy atom. The average Bonchev–Trinajstić information content (AvgIpc) is 2.44. The third-order valence-corrected chi connectivity index (χ3v) is 4.69. The lowest BCUT2D eigenvalue weighted by molar-refractivity contribution is -0.926. The molecule has 0 aromatic rings. The van der Waals surface area contributed by atoms with Crippen LogP contribution in [-0.2, 0) is 0 Å². The predicted octanol–water partition coefficient (Wildman–Crippen LogP) is 3.01. The van der Waals surface area contributed by atoms with E-state index in [2.05, 4.69) is 20.8 Å². The average molecular weight is 340 g/mol. The molecular formula is C18H39Cl2N. The van der Waals surface area contributed by atoms with Crippen LogP contribution in [0.5, 0.6) is 0 Å². The molecule has 3 heteroatoms. The highest BCUT2D eigenvalue weighted by Crippen LogP contribution is 2.17. The van der Waals surface area contributed by atoms with Crippen molar-refractivity contribution in [2.45, 2.75) is 85.0 Å². The molecule has 0 fully saturated rings. The molecule has 21 heavy (non-hydrogen) atoms. The molecule has 0 amide bonds. The summed E-state index contributed by atoms with van der Waals surface area (Å²) >= 11 is 6.14. The van der Waals surface area contributed by atoms with Crippen LogP contribution in [0, 0.1) is 0 Å². The lowest BCUT2D eigenvalue weighted by atomic mass is 10.1. The Bertz CT molecular complexity index is 188. The summed E-state index contributed by atoms with van der Waals surface area (Å²) in [5.41, 5.74) is 0. The van der Waals surface area contributed by atoms with Gasteiger partial charge in [0.1, 0.15) is 0 Å². The minimum absolute atomic E-state index is 0. The lowest BCUT2D eigenvalue weighted by Gasteiger charge is -2.39. The Morgan fingerprint density at radius 2 is 0.952 bits per heavy atom. The van der Waals surface area contributed by atoms with Crippen molar-refractivity contribution in [2.24, 2.45) is 0 Å². The molecule has 0 aromatic heterocycles. The number of hydrogen-bond donors (Lipinski definition) is 0. The highest BCUT2D eigenvalue weighted by Gasteiger charge is 2.25. The van der Waals surface area contributed by atoms with Crippen LogP contribution in [0.25, 0.3) is 0 Å². The Hall–Kier alpha value is 0.540.